The van der Waals surface area contributed by atoms with E-state index in [0.29, 0.717) is 5.56 Å². The molecule has 0 radical (unpaired) electrons. The zero-order valence-electron chi connectivity index (χ0n) is 14.7. The average Bonchev–Trinajstić information content (AvgIpc) is 3.14. The number of nitrogens with zero attached hydrogens (tertiary/aromatic N) is 2. The van der Waals surface area contributed by atoms with Gasteiger partial charge in [0.05, 0.1) is 6.04 Å². The Morgan fingerprint density at radius 1 is 1.25 bits per heavy atom. The topological polar surface area (TPSA) is 128 Å². The molecule has 0 aliphatic rings. The predicted molar refractivity (Wildman–Crippen MR) is 89.6 cm³/mol. The minimum absolute atomic E-state index is 0.0226. The SMILES string of the molecule is CC[C@H](NC(=O)CCC(F)(F)C(N)=O)C(=O)c1noc(-c2ccc(F)cc2)n1. The molecular weight excluding hydrogens is 381 g/mol. The maximum Gasteiger partial charge on any atom is 0.324 e. The Morgan fingerprint density at radius 3 is 2.46 bits per heavy atom. The number of nitrogens with two attached hydrogens (primary N) is 1. The second kappa shape index (κ2) is 8.63. The Balaban J connectivity index is 2.02. The number of ketones is 1. The number of Topliss-reactive ketones (excluding diaryl/α,β-unsaturated/α-hetero) is 1. The number of aromatic nitrogens is 2. The van der Waals surface area contributed by atoms with Crippen molar-refractivity contribution in [2.24, 2.45) is 5.73 Å². The van der Waals surface area contributed by atoms with E-state index in [4.69, 9.17) is 4.52 Å². The fourth-order valence-corrected chi connectivity index (χ4v) is 2.20. The van der Waals surface area contributed by atoms with Crippen LogP contribution < -0.4 is 11.1 Å². The minimum Gasteiger partial charge on any atom is -0.364 e. The van der Waals surface area contributed by atoms with Gasteiger partial charge in [-0.15, -0.1) is 0 Å². The number of hydrogen-bond donors (Lipinski definition) is 2. The summed E-state index contributed by atoms with van der Waals surface area (Å²) < 4.78 is 44.2. The first-order chi connectivity index (χ1) is 13.1. The van der Waals surface area contributed by atoms with Crippen LogP contribution in [0.25, 0.3) is 11.5 Å². The van der Waals surface area contributed by atoms with Crippen molar-refractivity contribution in [3.63, 3.8) is 0 Å². The van der Waals surface area contributed by atoms with Crippen molar-refractivity contribution in [1.29, 1.82) is 0 Å². The van der Waals surface area contributed by atoms with Crippen LogP contribution in [0.5, 0.6) is 0 Å². The normalized spacial score (nSPS) is 12.4. The van der Waals surface area contributed by atoms with Crippen LogP contribution in [-0.4, -0.2) is 39.7 Å². The van der Waals surface area contributed by atoms with Gasteiger partial charge in [-0.25, -0.2) is 4.39 Å². The number of rotatable bonds is 9. The van der Waals surface area contributed by atoms with E-state index in [0.717, 1.165) is 0 Å². The van der Waals surface area contributed by atoms with Crippen LogP contribution in [0.1, 0.15) is 36.8 Å². The first-order valence-electron chi connectivity index (χ1n) is 8.25. The number of alkyl halides is 2. The fraction of sp³-hybridized carbons (Fsp3) is 0.353. The van der Waals surface area contributed by atoms with Crippen molar-refractivity contribution in [1.82, 2.24) is 15.5 Å². The molecule has 2 rings (SSSR count). The third kappa shape index (κ3) is 5.15. The maximum absolute atomic E-state index is 13.2. The number of carbonyl (C=O) groups is 3. The van der Waals surface area contributed by atoms with Gasteiger partial charge in [-0.05, 0) is 30.7 Å². The summed E-state index contributed by atoms with van der Waals surface area (Å²) in [6, 6.07) is 4.05. The Labute approximate surface area is 157 Å². The van der Waals surface area contributed by atoms with E-state index in [-0.39, 0.29) is 18.1 Å². The molecule has 0 aliphatic carbocycles. The Kier molecular flexibility index (Phi) is 6.49. The highest BCUT2D eigenvalue weighted by Crippen LogP contribution is 2.20. The fourth-order valence-electron chi connectivity index (χ4n) is 2.20. The summed E-state index contributed by atoms with van der Waals surface area (Å²) in [5.74, 6) is -8.00. The highest BCUT2D eigenvalue weighted by Gasteiger charge is 2.37. The van der Waals surface area contributed by atoms with Crippen LogP contribution in [0.2, 0.25) is 0 Å². The van der Waals surface area contributed by atoms with Gasteiger partial charge in [-0.3, -0.25) is 14.4 Å². The lowest BCUT2D eigenvalue weighted by atomic mass is 10.1. The molecule has 1 aromatic carbocycles. The number of primary amides is 1. The van der Waals surface area contributed by atoms with Crippen LogP contribution in [0.15, 0.2) is 28.8 Å². The van der Waals surface area contributed by atoms with E-state index >= 15 is 0 Å². The van der Waals surface area contributed by atoms with Gasteiger partial charge in [0.25, 0.3) is 11.8 Å². The van der Waals surface area contributed by atoms with Gasteiger partial charge in [0.15, 0.2) is 0 Å². The summed E-state index contributed by atoms with van der Waals surface area (Å²) in [5.41, 5.74) is 4.93. The van der Waals surface area contributed by atoms with Crippen LogP contribution >= 0.6 is 0 Å². The van der Waals surface area contributed by atoms with Gasteiger partial charge in [-0.2, -0.15) is 13.8 Å². The average molecular weight is 398 g/mol. The quantitative estimate of drug-likeness (QED) is 0.621. The predicted octanol–water partition coefficient (Wildman–Crippen LogP) is 1.85. The zero-order valence-corrected chi connectivity index (χ0v) is 14.7. The van der Waals surface area contributed by atoms with Gasteiger partial charge in [0, 0.05) is 18.4 Å². The number of amides is 2. The van der Waals surface area contributed by atoms with Gasteiger partial charge >= 0.3 is 5.92 Å². The first kappa shape index (κ1) is 21.1. The Hall–Kier alpha value is -3.24. The highest BCUT2D eigenvalue weighted by atomic mass is 19.3. The molecule has 0 aliphatic heterocycles. The standard InChI is InChI=1S/C17H17F3N4O4/c1-2-11(22-12(25)7-8-17(19,20)16(21)27)13(26)14-23-15(28-24-14)9-3-5-10(18)6-4-9/h3-6,11H,2,7-8H2,1H3,(H2,21,27)(H,22,25)/t11-/m0/s1. The van der Waals surface area contributed by atoms with Crippen molar-refractivity contribution < 1.29 is 32.1 Å². The molecule has 28 heavy (non-hydrogen) atoms. The molecule has 3 N–H and O–H groups in total. The van der Waals surface area contributed by atoms with Crippen LogP contribution in [-0.2, 0) is 9.59 Å². The van der Waals surface area contributed by atoms with E-state index in [1.54, 1.807) is 6.92 Å². The van der Waals surface area contributed by atoms with Crippen LogP contribution in [0, 0.1) is 5.82 Å². The molecule has 0 saturated heterocycles. The minimum atomic E-state index is -3.82. The molecule has 0 fully saturated rings. The molecule has 0 bridgehead atoms. The molecule has 0 unspecified atom stereocenters. The van der Waals surface area contributed by atoms with Crippen molar-refractivity contribution in [2.45, 2.75) is 38.2 Å². The third-order valence-electron chi connectivity index (χ3n) is 3.82. The summed E-state index contributed by atoms with van der Waals surface area (Å²) in [6.45, 7) is 1.59. The molecule has 1 aromatic heterocycles. The molecular formula is C17H17F3N4O4. The monoisotopic (exact) mass is 398 g/mol. The van der Waals surface area contributed by atoms with Crippen LogP contribution in [0.3, 0.4) is 0 Å². The van der Waals surface area contributed by atoms with Crippen molar-refractivity contribution >= 4 is 17.6 Å². The largest absolute Gasteiger partial charge is 0.364 e. The third-order valence-corrected chi connectivity index (χ3v) is 3.82. The summed E-state index contributed by atoms with van der Waals surface area (Å²) in [5, 5.41) is 5.83. The lowest BCUT2D eigenvalue weighted by Crippen LogP contribution is -2.42. The summed E-state index contributed by atoms with van der Waals surface area (Å²) in [7, 11) is 0. The number of halogens is 3. The van der Waals surface area contributed by atoms with E-state index in [1.165, 1.54) is 24.3 Å². The van der Waals surface area contributed by atoms with Crippen molar-refractivity contribution in [3.8, 4) is 11.5 Å². The second-order valence-electron chi connectivity index (χ2n) is 5.89. The molecule has 0 saturated carbocycles. The number of carbonyl (C=O) groups excluding carboxylic acids is 3. The van der Waals surface area contributed by atoms with E-state index in [1.807, 2.05) is 0 Å². The smallest absolute Gasteiger partial charge is 0.324 e. The first-order valence-corrected chi connectivity index (χ1v) is 8.25. The Bertz CT molecular complexity index is 868. The van der Waals surface area contributed by atoms with Crippen molar-refractivity contribution in [2.75, 3.05) is 0 Å². The van der Waals surface area contributed by atoms with Crippen LogP contribution in [0.4, 0.5) is 13.2 Å². The molecule has 1 atom stereocenters. The number of nitrogens with one attached hydrogen (secondary N) is 1. The molecule has 1 heterocycles. The highest BCUT2D eigenvalue weighted by molar-refractivity contribution is 5.99. The number of hydrogen-bond acceptors (Lipinski definition) is 6. The molecule has 150 valence electrons. The lowest BCUT2D eigenvalue weighted by molar-refractivity contribution is -0.143. The van der Waals surface area contributed by atoms with Crippen molar-refractivity contribution in [3.05, 3.63) is 35.9 Å². The maximum atomic E-state index is 13.2. The molecule has 8 nitrogen and oxygen atoms in total. The van der Waals surface area contributed by atoms with E-state index in [2.05, 4.69) is 21.2 Å². The summed E-state index contributed by atoms with van der Waals surface area (Å²) in [6.07, 6.45) is -1.64. The van der Waals surface area contributed by atoms with Gasteiger partial charge in [-0.1, -0.05) is 12.1 Å². The second-order valence-corrected chi connectivity index (χ2v) is 5.89. The molecule has 2 aromatic rings. The summed E-state index contributed by atoms with van der Waals surface area (Å²) >= 11 is 0. The van der Waals surface area contributed by atoms with Gasteiger partial charge < -0.3 is 15.6 Å². The molecule has 0 spiro atoms. The van der Waals surface area contributed by atoms with E-state index < -0.39 is 48.2 Å². The van der Waals surface area contributed by atoms with Gasteiger partial charge in [0.2, 0.25) is 17.5 Å². The number of benzene rings is 1. The molecule has 2 amide bonds. The summed E-state index contributed by atoms with van der Waals surface area (Å²) in [4.78, 5) is 38.8. The van der Waals surface area contributed by atoms with E-state index in [9.17, 15) is 27.6 Å². The van der Waals surface area contributed by atoms with Gasteiger partial charge in [0.1, 0.15) is 5.82 Å². The lowest BCUT2D eigenvalue weighted by Gasteiger charge is -2.15. The Morgan fingerprint density at radius 2 is 1.89 bits per heavy atom. The molecule has 11 heteroatoms. The zero-order chi connectivity index (χ0) is 20.9.